The van der Waals surface area contributed by atoms with E-state index in [-0.39, 0.29) is 13.2 Å². The first kappa shape index (κ1) is 30.5. The molecular formula is C29H30N4O8. The van der Waals surface area contributed by atoms with Gasteiger partial charge in [0.25, 0.3) is 0 Å². The third-order valence-electron chi connectivity index (χ3n) is 6.56. The van der Waals surface area contributed by atoms with Crippen LogP contribution in [0.25, 0.3) is 5.53 Å². The molecular weight excluding hydrogens is 532 g/mol. The number of allylic oxidation sites excluding steroid dienone is 1. The molecule has 3 unspecified atom stereocenters. The lowest BCUT2D eigenvalue weighted by Crippen LogP contribution is -2.65. The average molecular weight is 563 g/mol. The van der Waals surface area contributed by atoms with Crippen molar-refractivity contribution in [3.8, 4) is 0 Å². The molecule has 0 spiro atoms. The summed E-state index contributed by atoms with van der Waals surface area (Å²) in [6.07, 6.45) is 0.755. The Morgan fingerprint density at radius 3 is 2.29 bits per heavy atom. The van der Waals surface area contributed by atoms with Crippen molar-refractivity contribution >= 4 is 35.7 Å². The van der Waals surface area contributed by atoms with Gasteiger partial charge in [-0.05, 0) is 37.0 Å². The molecule has 0 aliphatic carbocycles. The second-order valence-electron chi connectivity index (χ2n) is 8.96. The number of rotatable bonds is 9. The third kappa shape index (κ3) is 6.39. The molecule has 1 heterocycles. The summed E-state index contributed by atoms with van der Waals surface area (Å²) in [7, 11) is 0.951. The second kappa shape index (κ2) is 13.8. The maximum absolute atomic E-state index is 14.0. The number of benzene rings is 2. The van der Waals surface area contributed by atoms with Crippen molar-refractivity contribution in [2.24, 2.45) is 5.92 Å². The molecule has 41 heavy (non-hydrogen) atoms. The summed E-state index contributed by atoms with van der Waals surface area (Å²) in [4.78, 5) is 70.8. The highest BCUT2D eigenvalue weighted by molar-refractivity contribution is 6.62. The van der Waals surface area contributed by atoms with E-state index < -0.39 is 53.7 Å². The smallest absolute Gasteiger partial charge is 0.463 e. The molecule has 0 radical (unpaired) electrons. The SMILES string of the molecule is C=CCc1ccccc1C1C(C(=O)OCC)C(C)N(C(=O)OCc2ccccc2)C(=O)N1C(=O)C(=[N+]=[N-])C(=O)OC. The van der Waals surface area contributed by atoms with E-state index in [0.29, 0.717) is 32.9 Å². The Labute approximate surface area is 236 Å². The number of imide groups is 2. The number of urea groups is 1. The zero-order valence-electron chi connectivity index (χ0n) is 22.9. The van der Waals surface area contributed by atoms with Crippen LogP contribution >= 0.6 is 0 Å². The standard InChI is InChI=1S/C29H30N4O8/c1-5-12-20-15-10-11-16-21(20)24-22(26(35)40-6-2)18(3)32(29(38)41-17-19-13-8-7-9-14-19)28(37)33(24)25(34)23(31-30)27(36)39-4/h5,7-11,13-16,18,22,24H,1,6,12,17H2,2-4H3. The van der Waals surface area contributed by atoms with Gasteiger partial charge in [0, 0.05) is 0 Å². The van der Waals surface area contributed by atoms with E-state index in [4.69, 9.17) is 9.47 Å². The van der Waals surface area contributed by atoms with Gasteiger partial charge >= 0.3 is 35.7 Å². The van der Waals surface area contributed by atoms with Gasteiger partial charge in [0.05, 0.1) is 25.8 Å². The highest BCUT2D eigenvalue weighted by Gasteiger charge is 2.57. The van der Waals surface area contributed by atoms with Crippen LogP contribution in [0.3, 0.4) is 0 Å². The van der Waals surface area contributed by atoms with Gasteiger partial charge in [0.2, 0.25) is 0 Å². The molecule has 0 saturated carbocycles. The third-order valence-corrected chi connectivity index (χ3v) is 6.56. The molecule has 3 rings (SSSR count). The molecule has 214 valence electrons. The monoisotopic (exact) mass is 562 g/mol. The molecule has 1 fully saturated rings. The molecule has 3 atom stereocenters. The van der Waals surface area contributed by atoms with E-state index in [2.05, 4.69) is 16.1 Å². The lowest BCUT2D eigenvalue weighted by atomic mass is 9.81. The summed E-state index contributed by atoms with van der Waals surface area (Å²) >= 11 is 0. The van der Waals surface area contributed by atoms with Gasteiger partial charge < -0.3 is 19.7 Å². The average Bonchev–Trinajstić information content (AvgIpc) is 2.97. The van der Waals surface area contributed by atoms with Gasteiger partial charge in [-0.1, -0.05) is 60.7 Å². The van der Waals surface area contributed by atoms with E-state index in [1.54, 1.807) is 67.6 Å². The van der Waals surface area contributed by atoms with E-state index in [1.165, 1.54) is 6.92 Å². The Kier molecular flexibility index (Phi) is 10.3. The topological polar surface area (TPSA) is 156 Å². The fraction of sp³-hybridized carbons (Fsp3) is 0.310. The van der Waals surface area contributed by atoms with Gasteiger partial charge in [0.15, 0.2) is 0 Å². The zero-order valence-corrected chi connectivity index (χ0v) is 22.9. The minimum absolute atomic E-state index is 0.0328. The van der Waals surface area contributed by atoms with Crippen LogP contribution in [0.1, 0.15) is 36.6 Å². The molecule has 12 nitrogen and oxygen atoms in total. The maximum Gasteiger partial charge on any atom is 0.463 e. The van der Waals surface area contributed by atoms with E-state index in [9.17, 15) is 29.5 Å². The van der Waals surface area contributed by atoms with Gasteiger partial charge in [-0.15, -0.1) is 6.58 Å². The van der Waals surface area contributed by atoms with Crippen LogP contribution in [-0.4, -0.2) is 70.0 Å². The van der Waals surface area contributed by atoms with E-state index in [1.807, 2.05) is 0 Å². The molecule has 1 aliphatic heterocycles. The van der Waals surface area contributed by atoms with Crippen LogP contribution in [0.15, 0.2) is 67.3 Å². The fourth-order valence-electron chi connectivity index (χ4n) is 4.68. The predicted octanol–water partition coefficient (Wildman–Crippen LogP) is 3.47. The van der Waals surface area contributed by atoms with E-state index in [0.717, 1.165) is 7.11 Å². The number of hydrogen-bond donors (Lipinski definition) is 0. The summed E-state index contributed by atoms with van der Waals surface area (Å²) in [5, 5.41) is 0. The Balaban J connectivity index is 2.21. The summed E-state index contributed by atoms with van der Waals surface area (Å²) in [6.45, 7) is 6.55. The van der Waals surface area contributed by atoms with Crippen molar-refractivity contribution in [3.63, 3.8) is 0 Å². The van der Waals surface area contributed by atoms with Crippen LogP contribution in [-0.2, 0) is 41.6 Å². The molecule has 0 N–H and O–H groups in total. The lowest BCUT2D eigenvalue weighted by Gasteiger charge is -2.46. The molecule has 2 aromatic rings. The first-order valence-corrected chi connectivity index (χ1v) is 12.7. The highest BCUT2D eigenvalue weighted by Crippen LogP contribution is 2.41. The molecule has 0 bridgehead atoms. The Bertz CT molecular complexity index is 1390. The summed E-state index contributed by atoms with van der Waals surface area (Å²) in [6, 6.07) is 11.6. The van der Waals surface area contributed by atoms with Crippen molar-refractivity contribution in [3.05, 3.63) is 89.5 Å². The summed E-state index contributed by atoms with van der Waals surface area (Å²) in [5.74, 6) is -4.88. The number of nitrogens with zero attached hydrogens (tertiary/aromatic N) is 4. The number of methoxy groups -OCH3 is 1. The Morgan fingerprint density at radius 1 is 1.02 bits per heavy atom. The Morgan fingerprint density at radius 2 is 1.68 bits per heavy atom. The second-order valence-corrected chi connectivity index (χ2v) is 8.96. The molecule has 12 heteroatoms. The zero-order chi connectivity index (χ0) is 30.1. The minimum atomic E-state index is -1.40. The van der Waals surface area contributed by atoms with Crippen molar-refractivity contribution in [2.45, 2.75) is 39.0 Å². The number of carbonyl (C=O) groups is 5. The normalized spacial score (nSPS) is 18.1. The number of carbonyl (C=O) groups excluding carboxylic acids is 5. The van der Waals surface area contributed by atoms with Crippen molar-refractivity contribution in [1.29, 1.82) is 0 Å². The van der Waals surface area contributed by atoms with Gasteiger partial charge in [-0.3, -0.25) is 9.59 Å². The fourth-order valence-corrected chi connectivity index (χ4v) is 4.68. The van der Waals surface area contributed by atoms with Crippen LogP contribution in [0.4, 0.5) is 9.59 Å². The van der Waals surface area contributed by atoms with Crippen molar-refractivity contribution < 1.29 is 43.0 Å². The quantitative estimate of drug-likeness (QED) is 0.0855. The molecule has 4 amide bonds. The molecule has 0 aromatic heterocycles. The largest absolute Gasteiger partial charge is 0.466 e. The molecule has 1 saturated heterocycles. The maximum atomic E-state index is 14.0. The Hall–Kier alpha value is -5.09. The van der Waals surface area contributed by atoms with Crippen LogP contribution in [0.2, 0.25) is 0 Å². The van der Waals surface area contributed by atoms with Crippen LogP contribution in [0.5, 0.6) is 0 Å². The summed E-state index contributed by atoms with van der Waals surface area (Å²) in [5.41, 5.74) is 9.99. The van der Waals surface area contributed by atoms with Crippen molar-refractivity contribution in [2.75, 3.05) is 13.7 Å². The number of hydrogen-bond acceptors (Lipinski definition) is 8. The lowest BCUT2D eigenvalue weighted by molar-refractivity contribution is -0.156. The number of ether oxygens (including phenoxy) is 3. The first-order chi connectivity index (χ1) is 19.7. The van der Waals surface area contributed by atoms with Gasteiger partial charge in [-0.25, -0.2) is 24.2 Å². The molecule has 2 aromatic carbocycles. The van der Waals surface area contributed by atoms with Gasteiger partial charge in [0.1, 0.15) is 12.5 Å². The first-order valence-electron chi connectivity index (χ1n) is 12.7. The number of esters is 2. The van der Waals surface area contributed by atoms with Crippen LogP contribution < -0.4 is 0 Å². The van der Waals surface area contributed by atoms with Crippen molar-refractivity contribution in [1.82, 2.24) is 9.80 Å². The van der Waals surface area contributed by atoms with E-state index >= 15 is 0 Å². The van der Waals surface area contributed by atoms with Gasteiger partial charge in [-0.2, -0.15) is 4.79 Å². The number of amides is 4. The highest BCUT2D eigenvalue weighted by atomic mass is 16.6. The predicted molar refractivity (Wildman–Crippen MR) is 144 cm³/mol. The molecule has 1 aliphatic rings. The summed E-state index contributed by atoms with van der Waals surface area (Å²) < 4.78 is 15.2. The minimum Gasteiger partial charge on any atom is -0.466 e. The van der Waals surface area contributed by atoms with Crippen LogP contribution in [0, 0.1) is 5.92 Å².